The van der Waals surface area contributed by atoms with Gasteiger partial charge in [0.15, 0.2) is 0 Å². The van der Waals surface area contributed by atoms with Gasteiger partial charge in [-0.2, -0.15) is 0 Å². The van der Waals surface area contributed by atoms with E-state index < -0.39 is 5.96 Å². The normalized spacial score (nSPS) is 12.9. The Balaban J connectivity index is 2.22. The van der Waals surface area contributed by atoms with Crippen LogP contribution in [0.2, 0.25) is 5.02 Å². The Hall–Kier alpha value is -2.11. The number of hydrogen-bond donors (Lipinski definition) is 0. The molecule has 0 bridgehead atoms. The molecule has 0 saturated heterocycles. The van der Waals surface area contributed by atoms with E-state index in [1.54, 1.807) is 0 Å². The van der Waals surface area contributed by atoms with Gasteiger partial charge < -0.3 is 0 Å². The van der Waals surface area contributed by atoms with Crippen molar-refractivity contribution in [1.29, 1.82) is 0 Å². The first-order chi connectivity index (χ1) is 13.1. The van der Waals surface area contributed by atoms with E-state index in [4.69, 9.17) is 22.8 Å². The second-order valence-electron chi connectivity index (χ2n) is 6.49. The van der Waals surface area contributed by atoms with Gasteiger partial charge in [-0.15, -0.1) is 0 Å². The summed E-state index contributed by atoms with van der Waals surface area (Å²) in [5.41, 5.74) is 0. The third-order valence-electron chi connectivity index (χ3n) is 5.03. The van der Waals surface area contributed by atoms with E-state index in [0.717, 1.165) is 21.2 Å². The van der Waals surface area contributed by atoms with Crippen LogP contribution in [-0.4, -0.2) is 0 Å². The molecule has 4 rings (SSSR count). The topological polar surface area (TPSA) is 0 Å². The summed E-state index contributed by atoms with van der Waals surface area (Å²) in [4.78, 5) is 0. The molecule has 0 spiro atoms. The maximum absolute atomic E-state index is 8.04. The molecule has 27 heavy (non-hydrogen) atoms. The third-order valence-corrected chi connectivity index (χ3v) is 12.7. The van der Waals surface area contributed by atoms with E-state index in [2.05, 4.69) is 84.9 Å². The van der Waals surface area contributed by atoms with E-state index in [1.807, 2.05) is 30.3 Å². The van der Waals surface area contributed by atoms with Gasteiger partial charge in [0.2, 0.25) is 0 Å². The van der Waals surface area contributed by atoms with E-state index in [-0.39, 0.29) is 0 Å². The molecule has 0 amide bonds. The molecule has 3 heteroatoms. The molecule has 0 unspecified atom stereocenters. The van der Waals surface area contributed by atoms with Crippen molar-refractivity contribution >= 4 is 50.0 Å². The van der Waals surface area contributed by atoms with Crippen LogP contribution in [0.5, 0.6) is 0 Å². The Morgan fingerprint density at radius 1 is 0.407 bits per heavy atom. The quantitative estimate of drug-likeness (QED) is 0.382. The van der Waals surface area contributed by atoms with Crippen LogP contribution >= 0.6 is 28.8 Å². The fourth-order valence-corrected chi connectivity index (χ4v) is 9.91. The summed E-state index contributed by atoms with van der Waals surface area (Å²) in [5.74, 6) is -3.43. The van der Waals surface area contributed by atoms with E-state index in [0.29, 0.717) is 5.02 Å². The Bertz CT molecular complexity index is 931. The molecule has 0 aliphatic carbocycles. The maximum atomic E-state index is 8.04. The van der Waals surface area contributed by atoms with Gasteiger partial charge in [0, 0.05) is 0 Å². The van der Waals surface area contributed by atoms with Crippen LogP contribution in [-0.2, 0) is 0 Å². The Labute approximate surface area is 170 Å². The van der Waals surface area contributed by atoms with Gasteiger partial charge in [-0.3, -0.25) is 0 Å². The van der Waals surface area contributed by atoms with Gasteiger partial charge in [0.05, 0.1) is 0 Å². The van der Waals surface area contributed by atoms with Crippen molar-refractivity contribution in [3.8, 4) is 0 Å². The Morgan fingerprint density at radius 3 is 1.04 bits per heavy atom. The average molecular weight is 409 g/mol. The standard InChI is InChI=1S/C24H19Cl2P/c25-20-16-18-24(19-17-20)27(26,21-10-4-1-5-11-21,22-12-6-2-7-13-22)23-14-8-3-9-15-23/h1-19H. The van der Waals surface area contributed by atoms with Crippen molar-refractivity contribution in [2.75, 3.05) is 0 Å². The minimum atomic E-state index is -3.43. The third kappa shape index (κ3) is 2.80. The number of halogens is 2. The number of hydrogen-bond acceptors (Lipinski definition) is 0. The molecule has 4 aromatic rings. The fraction of sp³-hybridized carbons (Fsp3) is 0. The van der Waals surface area contributed by atoms with Gasteiger partial charge in [0.25, 0.3) is 0 Å². The molecule has 134 valence electrons. The first-order valence-corrected chi connectivity index (χ1v) is 12.3. The number of rotatable bonds is 4. The summed E-state index contributed by atoms with van der Waals surface area (Å²) in [6.07, 6.45) is 0. The fourth-order valence-electron chi connectivity index (χ4n) is 3.74. The van der Waals surface area contributed by atoms with Gasteiger partial charge in [-0.25, -0.2) is 0 Å². The predicted octanol–water partition coefficient (Wildman–Crippen LogP) is 5.65. The zero-order chi connectivity index (χ0) is 18.8. The van der Waals surface area contributed by atoms with E-state index in [1.165, 1.54) is 0 Å². The SMILES string of the molecule is Clc1ccc(P(Cl)(c2ccccc2)(c2ccccc2)c2ccccc2)cc1. The summed E-state index contributed by atoms with van der Waals surface area (Å²) in [6, 6.07) is 39.2. The molecule has 0 radical (unpaired) electrons. The predicted molar refractivity (Wildman–Crippen MR) is 122 cm³/mol. The molecular formula is C24H19Cl2P. The first kappa shape index (κ1) is 18.3. The summed E-state index contributed by atoms with van der Waals surface area (Å²) in [5, 5.41) is 5.13. The Kier molecular flexibility index (Phi) is 4.82. The summed E-state index contributed by atoms with van der Waals surface area (Å²) >= 11 is 14.3. The second kappa shape index (κ2) is 7.13. The molecule has 0 heterocycles. The van der Waals surface area contributed by atoms with Crippen LogP contribution in [0.4, 0.5) is 0 Å². The van der Waals surface area contributed by atoms with Gasteiger partial charge in [-0.05, 0) is 0 Å². The minimum absolute atomic E-state index is 0.703. The van der Waals surface area contributed by atoms with Crippen molar-refractivity contribution in [3.63, 3.8) is 0 Å². The zero-order valence-corrected chi connectivity index (χ0v) is 17.1. The van der Waals surface area contributed by atoms with Crippen molar-refractivity contribution in [1.82, 2.24) is 0 Å². The number of benzene rings is 4. The van der Waals surface area contributed by atoms with Crippen LogP contribution in [0, 0.1) is 0 Å². The average Bonchev–Trinajstić information content (AvgIpc) is 2.76. The van der Waals surface area contributed by atoms with Crippen LogP contribution in [0.3, 0.4) is 0 Å². The van der Waals surface area contributed by atoms with Crippen molar-refractivity contribution < 1.29 is 0 Å². The molecule has 0 saturated carbocycles. The molecule has 0 aliphatic rings. The van der Waals surface area contributed by atoms with Crippen molar-refractivity contribution in [2.45, 2.75) is 0 Å². The molecule has 0 N–H and O–H groups in total. The van der Waals surface area contributed by atoms with Gasteiger partial charge in [0.1, 0.15) is 0 Å². The molecular weight excluding hydrogens is 390 g/mol. The summed E-state index contributed by atoms with van der Waals surface area (Å²) in [7, 11) is 0. The molecule has 0 atom stereocenters. The second-order valence-corrected chi connectivity index (χ2v) is 13.0. The van der Waals surface area contributed by atoms with Gasteiger partial charge >= 0.3 is 170 Å². The van der Waals surface area contributed by atoms with Gasteiger partial charge in [-0.1, -0.05) is 0 Å². The van der Waals surface area contributed by atoms with Crippen LogP contribution in [0.15, 0.2) is 115 Å². The van der Waals surface area contributed by atoms with Crippen LogP contribution < -0.4 is 21.2 Å². The first-order valence-electron chi connectivity index (χ1n) is 8.81. The molecule has 0 aromatic heterocycles. The zero-order valence-electron chi connectivity index (χ0n) is 14.7. The van der Waals surface area contributed by atoms with E-state index >= 15 is 0 Å². The molecule has 0 nitrogen and oxygen atoms in total. The van der Waals surface area contributed by atoms with Crippen molar-refractivity contribution in [3.05, 3.63) is 120 Å². The monoisotopic (exact) mass is 408 g/mol. The van der Waals surface area contributed by atoms with Crippen molar-refractivity contribution in [2.24, 2.45) is 0 Å². The van der Waals surface area contributed by atoms with Crippen LogP contribution in [0.25, 0.3) is 0 Å². The Morgan fingerprint density at radius 2 is 0.704 bits per heavy atom. The van der Waals surface area contributed by atoms with Crippen LogP contribution in [0.1, 0.15) is 0 Å². The summed E-state index contributed by atoms with van der Waals surface area (Å²) in [6.45, 7) is 0. The molecule has 4 aromatic carbocycles. The van der Waals surface area contributed by atoms with E-state index in [9.17, 15) is 0 Å². The summed E-state index contributed by atoms with van der Waals surface area (Å²) < 4.78 is 0. The molecule has 0 fully saturated rings. The molecule has 0 aliphatic heterocycles.